The summed E-state index contributed by atoms with van der Waals surface area (Å²) in [6.45, 7) is 3.67. The van der Waals surface area contributed by atoms with E-state index in [1.807, 2.05) is 37.3 Å². The molecule has 2 aromatic rings. The summed E-state index contributed by atoms with van der Waals surface area (Å²) in [6.07, 6.45) is 1.38. The maximum absolute atomic E-state index is 13.6. The molecule has 0 unspecified atom stereocenters. The summed E-state index contributed by atoms with van der Waals surface area (Å²) in [5.41, 5.74) is 0.992. The molecule has 1 N–H and O–H groups in total. The number of benzene rings is 2. The van der Waals surface area contributed by atoms with Crippen molar-refractivity contribution in [3.63, 3.8) is 0 Å². The Balaban J connectivity index is 2.50. The number of nitrogens with zero attached hydrogens (tertiary/aromatic N) is 2. The molecular formula is C24H33N3O6S. The van der Waals surface area contributed by atoms with Gasteiger partial charge in [0, 0.05) is 19.2 Å². The molecule has 0 aromatic heterocycles. The number of sulfonamides is 1. The van der Waals surface area contributed by atoms with E-state index in [0.29, 0.717) is 18.7 Å². The van der Waals surface area contributed by atoms with E-state index in [-0.39, 0.29) is 23.9 Å². The zero-order valence-electron chi connectivity index (χ0n) is 20.3. The molecule has 186 valence electrons. The molecule has 2 rings (SSSR count). The number of ether oxygens (including phenoxy) is 2. The fourth-order valence-electron chi connectivity index (χ4n) is 3.58. The highest BCUT2D eigenvalue weighted by atomic mass is 32.2. The topological polar surface area (TPSA) is 105 Å². The number of hydrogen-bond donors (Lipinski definition) is 1. The van der Waals surface area contributed by atoms with Crippen LogP contribution in [0.5, 0.6) is 11.5 Å². The maximum Gasteiger partial charge on any atom is 0.244 e. The molecule has 1 atom stereocenters. The van der Waals surface area contributed by atoms with E-state index in [2.05, 4.69) is 5.32 Å². The lowest BCUT2D eigenvalue weighted by Crippen LogP contribution is -2.52. The third-order valence-corrected chi connectivity index (χ3v) is 6.39. The summed E-state index contributed by atoms with van der Waals surface area (Å²) < 4.78 is 37.1. The van der Waals surface area contributed by atoms with Gasteiger partial charge in [0.05, 0.1) is 26.2 Å². The van der Waals surface area contributed by atoms with Crippen LogP contribution in [-0.2, 0) is 26.2 Å². The molecule has 0 aliphatic rings. The quantitative estimate of drug-likeness (QED) is 0.489. The molecule has 0 bridgehead atoms. The summed E-state index contributed by atoms with van der Waals surface area (Å²) in [6, 6.07) is 13.2. The van der Waals surface area contributed by atoms with Crippen molar-refractivity contribution in [1.29, 1.82) is 0 Å². The number of carbonyl (C=O) groups is 2. The van der Waals surface area contributed by atoms with E-state index in [1.54, 1.807) is 19.1 Å². The first-order valence-corrected chi connectivity index (χ1v) is 12.8. The van der Waals surface area contributed by atoms with E-state index >= 15 is 0 Å². The minimum Gasteiger partial charge on any atom is -0.497 e. The molecule has 0 fully saturated rings. The summed E-state index contributed by atoms with van der Waals surface area (Å²) in [4.78, 5) is 27.8. The van der Waals surface area contributed by atoms with Crippen LogP contribution in [0.25, 0.3) is 0 Å². The van der Waals surface area contributed by atoms with Crippen LogP contribution in [0.2, 0.25) is 0 Å². The Morgan fingerprint density at radius 3 is 2.24 bits per heavy atom. The second-order valence-corrected chi connectivity index (χ2v) is 9.54. The molecule has 0 saturated carbocycles. The number of anilines is 1. The third kappa shape index (κ3) is 6.86. The Morgan fingerprint density at radius 1 is 1.03 bits per heavy atom. The van der Waals surface area contributed by atoms with Crippen LogP contribution in [0.1, 0.15) is 25.8 Å². The first-order valence-electron chi connectivity index (χ1n) is 11.0. The van der Waals surface area contributed by atoms with Crippen molar-refractivity contribution in [2.75, 3.05) is 37.9 Å². The molecule has 0 radical (unpaired) electrons. The monoisotopic (exact) mass is 491 g/mol. The van der Waals surface area contributed by atoms with Gasteiger partial charge in [0.1, 0.15) is 24.1 Å². The first kappa shape index (κ1) is 27.0. The summed E-state index contributed by atoms with van der Waals surface area (Å²) in [5, 5.41) is 2.77. The molecule has 0 aliphatic heterocycles. The van der Waals surface area contributed by atoms with Crippen molar-refractivity contribution in [2.24, 2.45) is 0 Å². The SMILES string of the molecule is CCNC(=O)[C@@H](CC)N(Cc1ccccc1)C(=O)CN(c1cc(OC)ccc1OC)S(C)(=O)=O. The normalized spacial score (nSPS) is 11.9. The highest BCUT2D eigenvalue weighted by Crippen LogP contribution is 2.34. The van der Waals surface area contributed by atoms with E-state index in [4.69, 9.17) is 9.47 Å². The molecular weight excluding hydrogens is 458 g/mol. The van der Waals surface area contributed by atoms with Crippen molar-refractivity contribution in [2.45, 2.75) is 32.9 Å². The van der Waals surface area contributed by atoms with Crippen molar-refractivity contribution in [3.05, 3.63) is 54.1 Å². The van der Waals surface area contributed by atoms with Gasteiger partial charge in [-0.3, -0.25) is 13.9 Å². The zero-order chi connectivity index (χ0) is 25.3. The number of methoxy groups -OCH3 is 2. The summed E-state index contributed by atoms with van der Waals surface area (Å²) >= 11 is 0. The number of nitrogens with one attached hydrogen (secondary N) is 1. The van der Waals surface area contributed by atoms with Crippen LogP contribution in [-0.4, -0.2) is 64.7 Å². The highest BCUT2D eigenvalue weighted by Gasteiger charge is 2.32. The van der Waals surface area contributed by atoms with Crippen LogP contribution in [0.15, 0.2) is 48.5 Å². The van der Waals surface area contributed by atoms with Crippen molar-refractivity contribution in [1.82, 2.24) is 10.2 Å². The average molecular weight is 492 g/mol. The Hall–Kier alpha value is -3.27. The van der Waals surface area contributed by atoms with E-state index in [9.17, 15) is 18.0 Å². The van der Waals surface area contributed by atoms with Crippen molar-refractivity contribution >= 4 is 27.5 Å². The predicted octanol–water partition coefficient (Wildman–Crippen LogP) is 2.41. The van der Waals surface area contributed by atoms with Crippen molar-refractivity contribution < 1.29 is 27.5 Å². The van der Waals surface area contributed by atoms with E-state index in [1.165, 1.54) is 25.2 Å². The molecule has 9 nitrogen and oxygen atoms in total. The van der Waals surface area contributed by atoms with Gasteiger partial charge in [-0.1, -0.05) is 37.3 Å². The molecule has 0 saturated heterocycles. The van der Waals surface area contributed by atoms with E-state index in [0.717, 1.165) is 16.1 Å². The predicted molar refractivity (Wildman–Crippen MR) is 131 cm³/mol. The second-order valence-electron chi connectivity index (χ2n) is 7.63. The van der Waals surface area contributed by atoms with Crippen LogP contribution in [0.4, 0.5) is 5.69 Å². The summed E-state index contributed by atoms with van der Waals surface area (Å²) in [7, 11) is -1.02. The van der Waals surface area contributed by atoms with Gasteiger partial charge in [-0.15, -0.1) is 0 Å². The third-order valence-electron chi connectivity index (χ3n) is 5.27. The fourth-order valence-corrected chi connectivity index (χ4v) is 4.42. The first-order chi connectivity index (χ1) is 16.2. The minimum absolute atomic E-state index is 0.155. The lowest BCUT2D eigenvalue weighted by Gasteiger charge is -2.33. The van der Waals surface area contributed by atoms with Gasteiger partial charge in [-0.2, -0.15) is 0 Å². The second kappa shape index (κ2) is 12.3. The number of amides is 2. The Kier molecular flexibility index (Phi) is 9.73. The van der Waals surface area contributed by atoms with Crippen molar-refractivity contribution in [3.8, 4) is 11.5 Å². The van der Waals surface area contributed by atoms with Gasteiger partial charge in [-0.25, -0.2) is 8.42 Å². The Labute approximate surface area is 201 Å². The maximum atomic E-state index is 13.6. The standard InChI is InChI=1S/C24H33N3O6S/c1-6-20(24(29)25-7-2)26(16-18-11-9-8-10-12-18)23(28)17-27(34(5,30)31)21-15-19(32-3)13-14-22(21)33-4/h8-15,20H,6-7,16-17H2,1-5H3,(H,25,29)/t20-/m1/s1. The molecule has 0 aliphatic carbocycles. The summed E-state index contributed by atoms with van der Waals surface area (Å²) in [5.74, 6) is -0.132. The lowest BCUT2D eigenvalue weighted by atomic mass is 10.1. The van der Waals surface area contributed by atoms with Crippen LogP contribution in [0.3, 0.4) is 0 Å². The van der Waals surface area contributed by atoms with Gasteiger partial charge in [0.2, 0.25) is 21.8 Å². The fraction of sp³-hybridized carbons (Fsp3) is 0.417. The number of hydrogen-bond acceptors (Lipinski definition) is 6. The van der Waals surface area contributed by atoms with Crippen LogP contribution in [0, 0.1) is 0 Å². The van der Waals surface area contributed by atoms with Gasteiger partial charge < -0.3 is 19.7 Å². The highest BCUT2D eigenvalue weighted by molar-refractivity contribution is 7.92. The smallest absolute Gasteiger partial charge is 0.244 e. The van der Waals surface area contributed by atoms with Crippen LogP contribution < -0.4 is 19.1 Å². The molecule has 2 amide bonds. The Bertz CT molecular complexity index is 1080. The average Bonchev–Trinajstić information content (AvgIpc) is 2.82. The molecule has 0 heterocycles. The Morgan fingerprint density at radius 2 is 1.71 bits per heavy atom. The lowest BCUT2D eigenvalue weighted by molar-refractivity contribution is -0.140. The zero-order valence-corrected chi connectivity index (χ0v) is 21.1. The van der Waals surface area contributed by atoms with Gasteiger partial charge >= 0.3 is 0 Å². The largest absolute Gasteiger partial charge is 0.497 e. The number of rotatable bonds is 12. The van der Waals surface area contributed by atoms with Crippen LogP contribution >= 0.6 is 0 Å². The van der Waals surface area contributed by atoms with E-state index < -0.39 is 28.5 Å². The molecule has 10 heteroatoms. The van der Waals surface area contributed by atoms with Gasteiger partial charge in [0.15, 0.2) is 0 Å². The number of carbonyl (C=O) groups excluding carboxylic acids is 2. The van der Waals surface area contributed by atoms with Gasteiger partial charge in [0.25, 0.3) is 0 Å². The molecule has 2 aromatic carbocycles. The van der Waals surface area contributed by atoms with Gasteiger partial charge in [-0.05, 0) is 31.0 Å². The molecule has 34 heavy (non-hydrogen) atoms. The minimum atomic E-state index is -3.89. The molecule has 0 spiro atoms. The number of likely N-dealkylation sites (N-methyl/N-ethyl adjacent to an activating group) is 1.